The highest BCUT2D eigenvalue weighted by Gasteiger charge is 2.15. The van der Waals surface area contributed by atoms with Gasteiger partial charge in [0.25, 0.3) is 0 Å². The van der Waals surface area contributed by atoms with Crippen LogP contribution in [0.2, 0.25) is 0 Å². The molecule has 4 rings (SSSR count). The molecular formula is C19H25N5. The van der Waals surface area contributed by atoms with Crippen molar-refractivity contribution in [3.05, 3.63) is 36.5 Å². The molecule has 2 heterocycles. The van der Waals surface area contributed by atoms with Crippen LogP contribution in [0.1, 0.15) is 38.5 Å². The molecule has 5 heteroatoms. The van der Waals surface area contributed by atoms with Crippen molar-refractivity contribution in [3.63, 3.8) is 0 Å². The highest BCUT2D eigenvalue weighted by Crippen LogP contribution is 2.24. The third-order valence-electron chi connectivity index (χ3n) is 4.95. The van der Waals surface area contributed by atoms with Crippen LogP contribution in [0.4, 0.5) is 23.1 Å². The fourth-order valence-electron chi connectivity index (χ4n) is 3.63. The van der Waals surface area contributed by atoms with Crippen LogP contribution < -0.4 is 15.5 Å². The van der Waals surface area contributed by atoms with Gasteiger partial charge in [0, 0.05) is 36.7 Å². The van der Waals surface area contributed by atoms with E-state index in [1.165, 1.54) is 57.3 Å². The SMILES string of the molecule is c1cc(Nc2ccc(N3CCCC3)cc2)nc(NC2CCCC2)n1. The van der Waals surface area contributed by atoms with Crippen LogP contribution in [-0.4, -0.2) is 29.1 Å². The number of nitrogens with one attached hydrogen (secondary N) is 2. The summed E-state index contributed by atoms with van der Waals surface area (Å²) in [4.78, 5) is 11.4. The monoisotopic (exact) mass is 323 g/mol. The first-order chi connectivity index (χ1) is 11.9. The van der Waals surface area contributed by atoms with Gasteiger partial charge < -0.3 is 15.5 Å². The Bertz CT molecular complexity index is 658. The zero-order valence-corrected chi connectivity index (χ0v) is 14.0. The molecule has 0 amide bonds. The third kappa shape index (κ3) is 3.61. The smallest absolute Gasteiger partial charge is 0.224 e. The molecule has 126 valence electrons. The second kappa shape index (κ2) is 7.07. The number of aromatic nitrogens is 2. The van der Waals surface area contributed by atoms with Crippen molar-refractivity contribution >= 4 is 23.1 Å². The van der Waals surface area contributed by atoms with E-state index in [0.29, 0.717) is 6.04 Å². The normalized spacial score (nSPS) is 18.1. The molecule has 5 nitrogen and oxygen atoms in total. The quantitative estimate of drug-likeness (QED) is 0.865. The minimum atomic E-state index is 0.528. The Kier molecular flexibility index (Phi) is 4.49. The maximum Gasteiger partial charge on any atom is 0.224 e. The first-order valence-corrected chi connectivity index (χ1v) is 9.08. The molecule has 1 saturated heterocycles. The van der Waals surface area contributed by atoms with Crippen LogP contribution in [0, 0.1) is 0 Å². The van der Waals surface area contributed by atoms with Crippen molar-refractivity contribution in [1.29, 1.82) is 0 Å². The van der Waals surface area contributed by atoms with E-state index in [9.17, 15) is 0 Å². The molecule has 0 radical (unpaired) electrons. The van der Waals surface area contributed by atoms with Gasteiger partial charge in [-0.3, -0.25) is 0 Å². The Hall–Kier alpha value is -2.30. The second-order valence-corrected chi connectivity index (χ2v) is 6.76. The summed E-state index contributed by atoms with van der Waals surface area (Å²) in [5, 5.41) is 6.82. The molecule has 2 N–H and O–H groups in total. The summed E-state index contributed by atoms with van der Waals surface area (Å²) < 4.78 is 0. The van der Waals surface area contributed by atoms with E-state index in [4.69, 9.17) is 0 Å². The number of hydrogen-bond acceptors (Lipinski definition) is 5. The summed E-state index contributed by atoms with van der Waals surface area (Å²) in [5.41, 5.74) is 2.37. The van der Waals surface area contributed by atoms with Crippen LogP contribution in [0.5, 0.6) is 0 Å². The van der Waals surface area contributed by atoms with Gasteiger partial charge >= 0.3 is 0 Å². The lowest BCUT2D eigenvalue weighted by Crippen LogP contribution is -2.17. The molecule has 1 aliphatic heterocycles. The van der Waals surface area contributed by atoms with Gasteiger partial charge in [0.15, 0.2) is 0 Å². The molecule has 1 aliphatic carbocycles. The fourth-order valence-corrected chi connectivity index (χ4v) is 3.63. The van der Waals surface area contributed by atoms with Crippen molar-refractivity contribution < 1.29 is 0 Å². The van der Waals surface area contributed by atoms with Gasteiger partial charge in [-0.1, -0.05) is 12.8 Å². The van der Waals surface area contributed by atoms with Crippen LogP contribution in [0.25, 0.3) is 0 Å². The number of nitrogens with zero attached hydrogens (tertiary/aromatic N) is 3. The van der Waals surface area contributed by atoms with Crippen molar-refractivity contribution in [1.82, 2.24) is 9.97 Å². The van der Waals surface area contributed by atoms with Crippen LogP contribution in [0.3, 0.4) is 0 Å². The molecule has 1 aromatic heterocycles. The summed E-state index contributed by atoms with van der Waals surface area (Å²) in [6.07, 6.45) is 9.47. The standard InChI is InChI=1S/C19H25N5/c1-2-6-15(5-1)22-19-20-12-11-18(23-19)21-16-7-9-17(10-8-16)24-13-3-4-14-24/h7-12,15H,1-6,13-14H2,(H2,20,21,22,23). The third-order valence-corrected chi connectivity index (χ3v) is 4.95. The van der Waals surface area contributed by atoms with Crippen molar-refractivity contribution in [2.24, 2.45) is 0 Å². The molecule has 0 unspecified atom stereocenters. The van der Waals surface area contributed by atoms with Crippen LogP contribution in [-0.2, 0) is 0 Å². The highest BCUT2D eigenvalue weighted by atomic mass is 15.2. The van der Waals surface area contributed by atoms with E-state index in [0.717, 1.165) is 17.5 Å². The Morgan fingerprint density at radius 3 is 2.42 bits per heavy atom. The van der Waals surface area contributed by atoms with Crippen molar-refractivity contribution in [3.8, 4) is 0 Å². The predicted octanol–water partition coefficient (Wildman–Crippen LogP) is 4.17. The van der Waals surface area contributed by atoms with Crippen LogP contribution in [0.15, 0.2) is 36.5 Å². The van der Waals surface area contributed by atoms with Gasteiger partial charge in [-0.2, -0.15) is 4.98 Å². The van der Waals surface area contributed by atoms with Gasteiger partial charge in [0.2, 0.25) is 5.95 Å². The maximum atomic E-state index is 4.59. The van der Waals surface area contributed by atoms with E-state index in [-0.39, 0.29) is 0 Å². The lowest BCUT2D eigenvalue weighted by atomic mass is 10.2. The summed E-state index contributed by atoms with van der Waals surface area (Å²) >= 11 is 0. The Balaban J connectivity index is 1.40. The highest BCUT2D eigenvalue weighted by molar-refractivity contribution is 5.61. The topological polar surface area (TPSA) is 53.1 Å². The number of benzene rings is 1. The van der Waals surface area contributed by atoms with E-state index < -0.39 is 0 Å². The molecule has 0 spiro atoms. The van der Waals surface area contributed by atoms with E-state index in [1.54, 1.807) is 0 Å². The van der Waals surface area contributed by atoms with Crippen LogP contribution >= 0.6 is 0 Å². The first kappa shape index (κ1) is 15.2. The first-order valence-electron chi connectivity index (χ1n) is 9.08. The molecule has 2 aromatic rings. The summed E-state index contributed by atoms with van der Waals surface area (Å²) in [6.45, 7) is 2.35. The summed E-state index contributed by atoms with van der Waals surface area (Å²) in [6, 6.07) is 11.1. The van der Waals surface area contributed by atoms with E-state index in [2.05, 4.69) is 49.8 Å². The number of anilines is 4. The molecule has 2 fully saturated rings. The lowest BCUT2D eigenvalue weighted by Gasteiger charge is -2.18. The fraction of sp³-hybridized carbons (Fsp3) is 0.474. The molecule has 1 saturated carbocycles. The van der Waals surface area contributed by atoms with E-state index in [1.807, 2.05) is 12.3 Å². The molecule has 2 aliphatic rings. The molecule has 0 atom stereocenters. The second-order valence-electron chi connectivity index (χ2n) is 6.76. The average Bonchev–Trinajstić information content (AvgIpc) is 3.29. The minimum absolute atomic E-state index is 0.528. The number of rotatable bonds is 5. The molecule has 0 bridgehead atoms. The van der Waals surface area contributed by atoms with E-state index >= 15 is 0 Å². The maximum absolute atomic E-state index is 4.59. The van der Waals surface area contributed by atoms with Gasteiger partial charge in [-0.05, 0) is 56.0 Å². The Morgan fingerprint density at radius 2 is 1.67 bits per heavy atom. The Labute approximate surface area is 143 Å². The van der Waals surface area contributed by atoms with Gasteiger partial charge in [0.1, 0.15) is 5.82 Å². The lowest BCUT2D eigenvalue weighted by molar-refractivity contribution is 0.744. The molecular weight excluding hydrogens is 298 g/mol. The minimum Gasteiger partial charge on any atom is -0.372 e. The predicted molar refractivity (Wildman–Crippen MR) is 99.1 cm³/mol. The van der Waals surface area contributed by atoms with Gasteiger partial charge in [-0.15, -0.1) is 0 Å². The largest absolute Gasteiger partial charge is 0.372 e. The zero-order valence-electron chi connectivity index (χ0n) is 14.0. The molecule has 24 heavy (non-hydrogen) atoms. The zero-order chi connectivity index (χ0) is 16.2. The van der Waals surface area contributed by atoms with Crippen molar-refractivity contribution in [2.75, 3.05) is 28.6 Å². The average molecular weight is 323 g/mol. The summed E-state index contributed by atoms with van der Waals surface area (Å²) in [5.74, 6) is 1.56. The summed E-state index contributed by atoms with van der Waals surface area (Å²) in [7, 11) is 0. The molecule has 1 aromatic carbocycles. The van der Waals surface area contributed by atoms with Crippen molar-refractivity contribution in [2.45, 2.75) is 44.6 Å². The van der Waals surface area contributed by atoms with Gasteiger partial charge in [-0.25, -0.2) is 4.98 Å². The number of hydrogen-bond donors (Lipinski definition) is 2. The van der Waals surface area contributed by atoms with Gasteiger partial charge in [0.05, 0.1) is 0 Å². The Morgan fingerprint density at radius 1 is 0.917 bits per heavy atom.